The fourth-order valence-electron chi connectivity index (χ4n) is 2.50. The van der Waals surface area contributed by atoms with E-state index in [1.165, 1.54) is 5.56 Å². The Morgan fingerprint density at radius 1 is 1.27 bits per heavy atom. The van der Waals surface area contributed by atoms with Gasteiger partial charge in [0.2, 0.25) is 0 Å². The highest BCUT2D eigenvalue weighted by molar-refractivity contribution is 5.80. The average molecular weight is 358 g/mol. The fourth-order valence-corrected chi connectivity index (χ4v) is 2.50. The molecule has 0 bridgehead atoms. The molecule has 7 nitrogen and oxygen atoms in total. The molecule has 0 saturated carbocycles. The summed E-state index contributed by atoms with van der Waals surface area (Å²) < 4.78 is 7.07. The Balaban J connectivity index is 1.92. The van der Waals surface area contributed by atoms with Crippen molar-refractivity contribution in [3.05, 3.63) is 47.5 Å². The molecule has 1 aromatic heterocycles. The monoisotopic (exact) mass is 358 g/mol. The summed E-state index contributed by atoms with van der Waals surface area (Å²) in [7, 11) is 3.64. The number of aliphatic imine (C=N–C) groups is 1. The Morgan fingerprint density at radius 2 is 2.04 bits per heavy atom. The molecule has 142 valence electrons. The van der Waals surface area contributed by atoms with Crippen LogP contribution in [-0.2, 0) is 24.8 Å². The van der Waals surface area contributed by atoms with Crippen LogP contribution in [0.15, 0.2) is 35.3 Å². The Labute approximate surface area is 155 Å². The summed E-state index contributed by atoms with van der Waals surface area (Å²) in [5, 5.41) is 15.0. The van der Waals surface area contributed by atoms with Crippen LogP contribution in [0.4, 0.5) is 0 Å². The first-order valence-electron chi connectivity index (χ1n) is 9.02. The van der Waals surface area contributed by atoms with Gasteiger partial charge in [0.1, 0.15) is 12.4 Å². The Bertz CT molecular complexity index is 683. The summed E-state index contributed by atoms with van der Waals surface area (Å²) in [6.45, 7) is 5.91. The molecule has 7 heteroatoms. The van der Waals surface area contributed by atoms with Gasteiger partial charge in [-0.1, -0.05) is 30.3 Å². The van der Waals surface area contributed by atoms with E-state index in [1.54, 1.807) is 7.11 Å². The second kappa shape index (κ2) is 10.6. The number of aryl methyl sites for hydroxylation is 2. The van der Waals surface area contributed by atoms with Crippen molar-refractivity contribution in [3.8, 4) is 0 Å². The van der Waals surface area contributed by atoms with Crippen LogP contribution < -0.4 is 10.6 Å². The summed E-state index contributed by atoms with van der Waals surface area (Å²) in [4.78, 5) is 4.65. The summed E-state index contributed by atoms with van der Waals surface area (Å²) >= 11 is 0. The van der Waals surface area contributed by atoms with Crippen molar-refractivity contribution in [1.82, 2.24) is 25.4 Å². The number of aromatic nitrogens is 3. The van der Waals surface area contributed by atoms with E-state index in [0.717, 1.165) is 30.5 Å². The fraction of sp³-hybridized carbons (Fsp3) is 0.526. The highest BCUT2D eigenvalue weighted by Gasteiger charge is 2.08. The van der Waals surface area contributed by atoms with Crippen molar-refractivity contribution in [1.29, 1.82) is 0 Å². The molecule has 2 aromatic rings. The minimum atomic E-state index is 0.297. The first-order chi connectivity index (χ1) is 12.6. The molecule has 2 N–H and O–H groups in total. The number of hydrogen-bond donors (Lipinski definition) is 2. The van der Waals surface area contributed by atoms with E-state index in [0.29, 0.717) is 25.7 Å². The topological polar surface area (TPSA) is 76.4 Å². The number of hydrogen-bond acceptors (Lipinski definition) is 4. The minimum Gasteiger partial charge on any atom is -0.383 e. The summed E-state index contributed by atoms with van der Waals surface area (Å²) in [5.41, 5.74) is 1.35. The van der Waals surface area contributed by atoms with Gasteiger partial charge in [0.25, 0.3) is 0 Å². The summed E-state index contributed by atoms with van der Waals surface area (Å²) in [6.07, 6.45) is 2.06. The molecular weight excluding hydrogens is 328 g/mol. The first kappa shape index (κ1) is 19.9. The van der Waals surface area contributed by atoms with Crippen molar-refractivity contribution in [3.63, 3.8) is 0 Å². The predicted octanol–water partition coefficient (Wildman–Crippen LogP) is 1.83. The second-order valence-electron chi connectivity index (χ2n) is 6.38. The van der Waals surface area contributed by atoms with Crippen LogP contribution in [0, 0.1) is 6.92 Å². The summed E-state index contributed by atoms with van der Waals surface area (Å²) in [5.74, 6) is 2.49. The van der Waals surface area contributed by atoms with Gasteiger partial charge >= 0.3 is 0 Å². The van der Waals surface area contributed by atoms with Crippen LogP contribution in [0.2, 0.25) is 0 Å². The van der Waals surface area contributed by atoms with Gasteiger partial charge in [-0.2, -0.15) is 0 Å². The molecule has 1 unspecified atom stereocenters. The molecule has 0 aliphatic carbocycles. The van der Waals surface area contributed by atoms with Crippen LogP contribution in [-0.4, -0.2) is 47.0 Å². The third kappa shape index (κ3) is 6.48. The third-order valence-corrected chi connectivity index (χ3v) is 4.25. The minimum absolute atomic E-state index is 0.297. The standard InChI is InChI=1S/C19H30N6O/c1-15(10-11-17-8-6-5-7-9-17)22-19(20-12-13-26-4)21-14-18-24-23-16(2)25(18)3/h5-9,15H,10-14H2,1-4H3,(H2,20,21,22). The molecule has 0 fully saturated rings. The normalized spacial score (nSPS) is 12.8. The molecule has 0 spiro atoms. The smallest absolute Gasteiger partial charge is 0.191 e. The number of methoxy groups -OCH3 is 1. The maximum Gasteiger partial charge on any atom is 0.191 e. The molecule has 1 atom stereocenters. The number of guanidine groups is 1. The molecule has 1 heterocycles. The zero-order valence-electron chi connectivity index (χ0n) is 16.2. The lowest BCUT2D eigenvalue weighted by molar-refractivity contribution is 0.203. The molecule has 0 aliphatic heterocycles. The largest absolute Gasteiger partial charge is 0.383 e. The van der Waals surface area contributed by atoms with Gasteiger partial charge in [-0.15, -0.1) is 10.2 Å². The molecule has 1 aromatic carbocycles. The number of rotatable bonds is 9. The Kier molecular flexibility index (Phi) is 8.08. The van der Waals surface area contributed by atoms with Crippen molar-refractivity contribution in [2.24, 2.45) is 12.0 Å². The molecule has 26 heavy (non-hydrogen) atoms. The highest BCUT2D eigenvalue weighted by Crippen LogP contribution is 2.05. The van der Waals surface area contributed by atoms with Gasteiger partial charge in [-0.05, 0) is 32.3 Å². The maximum atomic E-state index is 5.12. The van der Waals surface area contributed by atoms with Crippen LogP contribution in [0.5, 0.6) is 0 Å². The molecule has 0 amide bonds. The third-order valence-electron chi connectivity index (χ3n) is 4.25. The van der Waals surface area contributed by atoms with Crippen LogP contribution >= 0.6 is 0 Å². The van der Waals surface area contributed by atoms with Crippen molar-refractivity contribution >= 4 is 5.96 Å². The van der Waals surface area contributed by atoms with Gasteiger partial charge in [-0.3, -0.25) is 0 Å². The van der Waals surface area contributed by atoms with Crippen LogP contribution in [0.1, 0.15) is 30.6 Å². The van der Waals surface area contributed by atoms with E-state index in [2.05, 4.69) is 57.0 Å². The summed E-state index contributed by atoms with van der Waals surface area (Å²) in [6, 6.07) is 10.8. The molecule has 0 radical (unpaired) electrons. The zero-order chi connectivity index (χ0) is 18.8. The van der Waals surface area contributed by atoms with Crippen molar-refractivity contribution in [2.75, 3.05) is 20.3 Å². The number of nitrogens with zero attached hydrogens (tertiary/aromatic N) is 4. The van der Waals surface area contributed by atoms with E-state index in [1.807, 2.05) is 24.6 Å². The van der Waals surface area contributed by atoms with Gasteiger partial charge in [0.05, 0.1) is 6.61 Å². The van der Waals surface area contributed by atoms with Gasteiger partial charge in [-0.25, -0.2) is 4.99 Å². The first-order valence-corrected chi connectivity index (χ1v) is 9.02. The molecule has 2 rings (SSSR count). The SMILES string of the molecule is COCCNC(=NCc1nnc(C)n1C)NC(C)CCc1ccccc1. The van der Waals surface area contributed by atoms with Gasteiger partial charge in [0, 0.05) is 26.7 Å². The lowest BCUT2D eigenvalue weighted by atomic mass is 10.1. The van der Waals surface area contributed by atoms with E-state index < -0.39 is 0 Å². The Hall–Kier alpha value is -2.41. The van der Waals surface area contributed by atoms with E-state index in [4.69, 9.17) is 4.74 Å². The molecule has 0 saturated heterocycles. The van der Waals surface area contributed by atoms with E-state index >= 15 is 0 Å². The lowest BCUT2D eigenvalue weighted by Crippen LogP contribution is -2.43. The predicted molar refractivity (Wildman–Crippen MR) is 104 cm³/mol. The number of benzene rings is 1. The maximum absolute atomic E-state index is 5.12. The number of nitrogens with one attached hydrogen (secondary N) is 2. The van der Waals surface area contributed by atoms with Gasteiger partial charge in [0.15, 0.2) is 11.8 Å². The van der Waals surface area contributed by atoms with Gasteiger partial charge < -0.3 is 19.9 Å². The zero-order valence-corrected chi connectivity index (χ0v) is 16.2. The van der Waals surface area contributed by atoms with Crippen molar-refractivity contribution < 1.29 is 4.74 Å². The average Bonchev–Trinajstić information content (AvgIpc) is 2.97. The Morgan fingerprint density at radius 3 is 2.69 bits per heavy atom. The number of ether oxygens (including phenoxy) is 1. The highest BCUT2D eigenvalue weighted by atomic mass is 16.5. The molecule has 0 aliphatic rings. The van der Waals surface area contributed by atoms with E-state index in [9.17, 15) is 0 Å². The van der Waals surface area contributed by atoms with E-state index in [-0.39, 0.29) is 0 Å². The van der Waals surface area contributed by atoms with Crippen LogP contribution in [0.3, 0.4) is 0 Å². The molecular formula is C19H30N6O. The second-order valence-corrected chi connectivity index (χ2v) is 6.38. The quantitative estimate of drug-likeness (QED) is 0.406. The lowest BCUT2D eigenvalue weighted by Gasteiger charge is -2.18. The van der Waals surface area contributed by atoms with Crippen LogP contribution in [0.25, 0.3) is 0 Å². The van der Waals surface area contributed by atoms with Crippen molar-refractivity contribution in [2.45, 2.75) is 39.3 Å².